The molecule has 174 valence electrons. The van der Waals surface area contributed by atoms with Crippen LogP contribution in [0.25, 0.3) is 16.0 Å². The SMILES string of the molecule is CC1(C)OB(c2cn(-c3nc(C(=O)O)cs3)c3ccc(CN4CCOCC4)cc23)OC1(C)C. The maximum absolute atomic E-state index is 11.4. The van der Waals surface area contributed by atoms with Crippen molar-refractivity contribution in [3.63, 3.8) is 0 Å². The Morgan fingerprint density at radius 1 is 1.18 bits per heavy atom. The maximum atomic E-state index is 11.4. The average molecular weight is 469 g/mol. The number of aromatic carboxylic acids is 1. The van der Waals surface area contributed by atoms with Gasteiger partial charge in [-0.1, -0.05) is 6.07 Å². The van der Waals surface area contributed by atoms with Gasteiger partial charge in [0.2, 0.25) is 0 Å². The van der Waals surface area contributed by atoms with Crippen molar-refractivity contribution in [1.29, 1.82) is 0 Å². The highest BCUT2D eigenvalue weighted by atomic mass is 32.1. The number of benzene rings is 1. The van der Waals surface area contributed by atoms with Gasteiger partial charge in [0.25, 0.3) is 0 Å². The molecule has 2 saturated heterocycles. The van der Waals surface area contributed by atoms with Crippen molar-refractivity contribution in [1.82, 2.24) is 14.5 Å². The number of ether oxygens (including phenoxy) is 1. The van der Waals surface area contributed by atoms with Crippen LogP contribution in [0.15, 0.2) is 29.8 Å². The van der Waals surface area contributed by atoms with Crippen LogP contribution < -0.4 is 5.46 Å². The van der Waals surface area contributed by atoms with Crippen molar-refractivity contribution in [3.8, 4) is 5.13 Å². The lowest BCUT2D eigenvalue weighted by Gasteiger charge is -2.32. The molecule has 0 spiro atoms. The number of morpholine rings is 1. The quantitative estimate of drug-likeness (QED) is 0.575. The van der Waals surface area contributed by atoms with E-state index in [0.717, 1.165) is 49.2 Å². The number of carboxylic acids is 1. The number of fused-ring (bicyclic) bond motifs is 1. The Balaban J connectivity index is 1.58. The predicted molar refractivity (Wildman–Crippen MR) is 128 cm³/mol. The molecule has 2 aromatic heterocycles. The molecule has 4 heterocycles. The molecular formula is C23H28BN3O5S. The lowest BCUT2D eigenvalue weighted by atomic mass is 9.79. The van der Waals surface area contributed by atoms with E-state index in [2.05, 4.69) is 28.1 Å². The van der Waals surface area contributed by atoms with Crippen LogP contribution >= 0.6 is 11.3 Å². The molecule has 0 bridgehead atoms. The van der Waals surface area contributed by atoms with Crippen LogP contribution in [-0.2, 0) is 20.6 Å². The summed E-state index contributed by atoms with van der Waals surface area (Å²) in [5, 5.41) is 12.5. The normalized spacial score (nSPS) is 20.5. The molecular weight excluding hydrogens is 441 g/mol. The van der Waals surface area contributed by atoms with Crippen molar-refractivity contribution >= 4 is 40.8 Å². The first kappa shape index (κ1) is 22.6. The molecule has 0 aliphatic carbocycles. The Morgan fingerprint density at radius 3 is 2.52 bits per heavy atom. The number of hydrogen-bond donors (Lipinski definition) is 1. The highest BCUT2D eigenvalue weighted by Crippen LogP contribution is 2.37. The zero-order valence-electron chi connectivity index (χ0n) is 19.3. The smallest absolute Gasteiger partial charge is 0.476 e. The Morgan fingerprint density at radius 2 is 1.88 bits per heavy atom. The summed E-state index contributed by atoms with van der Waals surface area (Å²) in [6, 6.07) is 6.38. The minimum Gasteiger partial charge on any atom is -0.476 e. The monoisotopic (exact) mass is 469 g/mol. The molecule has 0 amide bonds. The lowest BCUT2D eigenvalue weighted by Crippen LogP contribution is -2.41. The van der Waals surface area contributed by atoms with Gasteiger partial charge in [-0.2, -0.15) is 0 Å². The van der Waals surface area contributed by atoms with Crippen molar-refractivity contribution in [2.24, 2.45) is 0 Å². The maximum Gasteiger partial charge on any atom is 0.497 e. The number of carbonyl (C=O) groups is 1. The van der Waals surface area contributed by atoms with E-state index in [4.69, 9.17) is 14.0 Å². The predicted octanol–water partition coefficient (Wildman–Crippen LogP) is 2.92. The van der Waals surface area contributed by atoms with Gasteiger partial charge in [0.1, 0.15) is 0 Å². The Hall–Kier alpha value is -2.24. The van der Waals surface area contributed by atoms with Gasteiger partial charge >= 0.3 is 13.1 Å². The molecule has 0 atom stereocenters. The number of rotatable bonds is 5. The highest BCUT2D eigenvalue weighted by molar-refractivity contribution is 7.12. The first-order valence-electron chi connectivity index (χ1n) is 11.1. The van der Waals surface area contributed by atoms with Gasteiger partial charge < -0.3 is 19.2 Å². The fraction of sp³-hybridized carbons (Fsp3) is 0.478. The molecule has 8 nitrogen and oxygen atoms in total. The third-order valence-electron chi connectivity index (χ3n) is 6.83. The van der Waals surface area contributed by atoms with E-state index in [1.165, 1.54) is 16.9 Å². The van der Waals surface area contributed by atoms with E-state index in [0.29, 0.717) is 5.13 Å². The molecule has 0 unspecified atom stereocenters. The topological polar surface area (TPSA) is 86.1 Å². The summed E-state index contributed by atoms with van der Waals surface area (Å²) in [7, 11) is -0.531. The van der Waals surface area contributed by atoms with Gasteiger partial charge in [-0.3, -0.25) is 9.47 Å². The molecule has 5 rings (SSSR count). The summed E-state index contributed by atoms with van der Waals surface area (Å²) in [4.78, 5) is 18.1. The summed E-state index contributed by atoms with van der Waals surface area (Å²) in [5.74, 6) is -1.03. The van der Waals surface area contributed by atoms with Gasteiger partial charge in [-0.05, 0) is 45.4 Å². The summed E-state index contributed by atoms with van der Waals surface area (Å²) in [5.41, 5.74) is 2.17. The third kappa shape index (κ3) is 4.10. The second-order valence-corrected chi connectivity index (χ2v) is 10.4. The highest BCUT2D eigenvalue weighted by Gasteiger charge is 2.52. The third-order valence-corrected chi connectivity index (χ3v) is 7.67. The zero-order chi connectivity index (χ0) is 23.4. The van der Waals surface area contributed by atoms with Crippen molar-refractivity contribution in [2.75, 3.05) is 26.3 Å². The Labute approximate surface area is 197 Å². The standard InChI is InChI=1S/C23H28BN3O5S/c1-22(2)23(3,4)32-24(31-22)17-13-27(21-25-18(14-33-21)20(28)29)19-6-5-15(11-16(17)19)12-26-7-9-30-10-8-26/h5-6,11,13-14H,7-10,12H2,1-4H3,(H,28,29). The van der Waals surface area contributed by atoms with Crippen LogP contribution in [0.2, 0.25) is 0 Å². The molecule has 2 aliphatic heterocycles. The van der Waals surface area contributed by atoms with Crippen LogP contribution in [-0.4, -0.2) is 70.2 Å². The van der Waals surface area contributed by atoms with E-state index in [9.17, 15) is 9.90 Å². The first-order valence-corrected chi connectivity index (χ1v) is 12.0. The van der Waals surface area contributed by atoms with E-state index in [-0.39, 0.29) is 5.69 Å². The fourth-order valence-electron chi connectivity index (χ4n) is 4.21. The fourth-order valence-corrected chi connectivity index (χ4v) is 4.99. The Kier molecular flexibility index (Phi) is 5.61. The molecule has 2 fully saturated rings. The molecule has 3 aromatic rings. The second kappa shape index (κ2) is 8.21. The van der Waals surface area contributed by atoms with Crippen LogP contribution in [0, 0.1) is 0 Å². The molecule has 1 aromatic carbocycles. The second-order valence-electron chi connectivity index (χ2n) is 9.60. The summed E-state index contributed by atoms with van der Waals surface area (Å²) in [6.07, 6.45) is 1.97. The molecule has 2 aliphatic rings. The van der Waals surface area contributed by atoms with Gasteiger partial charge in [-0.25, -0.2) is 9.78 Å². The zero-order valence-corrected chi connectivity index (χ0v) is 20.1. The van der Waals surface area contributed by atoms with E-state index >= 15 is 0 Å². The lowest BCUT2D eigenvalue weighted by molar-refractivity contribution is 0.00578. The van der Waals surface area contributed by atoms with Crippen molar-refractivity contribution < 1.29 is 23.9 Å². The molecule has 0 saturated carbocycles. The van der Waals surface area contributed by atoms with E-state index < -0.39 is 24.3 Å². The number of hydrogen-bond acceptors (Lipinski definition) is 7. The average Bonchev–Trinajstić information content (AvgIpc) is 3.43. The summed E-state index contributed by atoms with van der Waals surface area (Å²) >= 11 is 1.30. The number of carboxylic acid groups (broad SMARTS) is 1. The van der Waals surface area contributed by atoms with Crippen LogP contribution in [0.1, 0.15) is 43.7 Å². The number of nitrogens with zero attached hydrogens (tertiary/aromatic N) is 3. The minimum absolute atomic E-state index is 0.0398. The molecule has 0 radical (unpaired) electrons. The minimum atomic E-state index is -1.03. The Bertz CT molecular complexity index is 1180. The largest absolute Gasteiger partial charge is 0.497 e. The van der Waals surface area contributed by atoms with Crippen LogP contribution in [0.4, 0.5) is 0 Å². The van der Waals surface area contributed by atoms with Gasteiger partial charge in [0.15, 0.2) is 10.8 Å². The van der Waals surface area contributed by atoms with Crippen LogP contribution in [0.3, 0.4) is 0 Å². The number of thiazole rings is 1. The van der Waals surface area contributed by atoms with Crippen molar-refractivity contribution in [2.45, 2.75) is 45.4 Å². The van der Waals surface area contributed by atoms with E-state index in [1.807, 2.05) is 38.5 Å². The molecule has 1 N–H and O–H groups in total. The van der Waals surface area contributed by atoms with Gasteiger partial charge in [0.05, 0.1) is 29.9 Å². The van der Waals surface area contributed by atoms with Gasteiger partial charge in [-0.15, -0.1) is 11.3 Å². The van der Waals surface area contributed by atoms with Gasteiger partial charge in [0, 0.05) is 42.1 Å². The first-order chi connectivity index (χ1) is 15.6. The summed E-state index contributed by atoms with van der Waals surface area (Å²) in [6.45, 7) is 12.3. The van der Waals surface area contributed by atoms with E-state index in [1.54, 1.807) is 5.38 Å². The van der Waals surface area contributed by atoms with Crippen molar-refractivity contribution in [3.05, 3.63) is 41.0 Å². The van der Waals surface area contributed by atoms with Crippen LogP contribution in [0.5, 0.6) is 0 Å². The molecule has 10 heteroatoms. The summed E-state index contributed by atoms with van der Waals surface area (Å²) < 4.78 is 20.1. The number of aromatic nitrogens is 2. The molecule has 33 heavy (non-hydrogen) atoms.